The molecule has 0 spiro atoms. The van der Waals surface area contributed by atoms with Gasteiger partial charge in [-0.05, 0) is 38.4 Å². The average molecular weight is 347 g/mol. The third-order valence-corrected chi connectivity index (χ3v) is 5.05. The number of hydrogen-bond donors (Lipinski definition) is 0. The van der Waals surface area contributed by atoms with Gasteiger partial charge in [-0.3, -0.25) is 13.8 Å². The van der Waals surface area contributed by atoms with Crippen LogP contribution >= 0.6 is 0 Å². The van der Waals surface area contributed by atoms with Crippen LogP contribution in [-0.4, -0.2) is 34.5 Å². The molecule has 0 N–H and O–H groups in total. The Kier molecular flexibility index (Phi) is 3.02. The zero-order valence-corrected chi connectivity index (χ0v) is 14.5. The number of fused-ring (bicyclic) bond motifs is 5. The first-order valence-electron chi connectivity index (χ1n) is 8.52. The number of aromatic nitrogens is 2. The van der Waals surface area contributed by atoms with E-state index in [0.717, 1.165) is 27.3 Å². The van der Waals surface area contributed by atoms with Crippen molar-refractivity contribution < 1.29 is 4.42 Å². The van der Waals surface area contributed by atoms with Crippen LogP contribution in [0.4, 0.5) is 0 Å². The molecule has 0 saturated heterocycles. The molecule has 3 aromatic heterocycles. The molecule has 0 saturated carbocycles. The van der Waals surface area contributed by atoms with Crippen LogP contribution in [0.15, 0.2) is 56.7 Å². The average Bonchev–Trinajstić information content (AvgIpc) is 3.22. The monoisotopic (exact) mass is 347 g/mol. The third-order valence-electron chi connectivity index (χ3n) is 5.05. The molecule has 6 heteroatoms. The van der Waals surface area contributed by atoms with Gasteiger partial charge in [0.15, 0.2) is 0 Å². The van der Waals surface area contributed by atoms with Crippen LogP contribution in [-0.2, 0) is 6.54 Å². The molecular weight excluding hydrogens is 330 g/mol. The van der Waals surface area contributed by atoms with Crippen LogP contribution in [0.5, 0.6) is 0 Å². The van der Waals surface area contributed by atoms with Gasteiger partial charge in [-0.1, -0.05) is 12.1 Å². The minimum atomic E-state index is -0.302. The predicted molar refractivity (Wildman–Crippen MR) is 102 cm³/mol. The Balaban J connectivity index is 2.06. The van der Waals surface area contributed by atoms with Crippen molar-refractivity contribution in [2.24, 2.45) is 0 Å². The molecule has 6 nitrogen and oxygen atoms in total. The van der Waals surface area contributed by atoms with Gasteiger partial charge in [0.05, 0.1) is 22.7 Å². The molecule has 0 unspecified atom stereocenters. The molecule has 0 fully saturated rings. The third kappa shape index (κ3) is 1.84. The van der Waals surface area contributed by atoms with Crippen molar-refractivity contribution in [1.29, 1.82) is 0 Å². The molecule has 0 amide bonds. The molecule has 5 aromatic rings. The minimum Gasteiger partial charge on any atom is -0.464 e. The molecule has 130 valence electrons. The molecule has 26 heavy (non-hydrogen) atoms. The Bertz CT molecular complexity index is 1410. The highest BCUT2D eigenvalue weighted by atomic mass is 16.3. The fraction of sp³-hybridized carbons (Fsp3) is 0.200. The van der Waals surface area contributed by atoms with E-state index in [4.69, 9.17) is 4.42 Å². The maximum Gasteiger partial charge on any atom is 0.336 e. The summed E-state index contributed by atoms with van der Waals surface area (Å²) in [4.78, 5) is 28.2. The fourth-order valence-corrected chi connectivity index (χ4v) is 3.81. The highest BCUT2D eigenvalue weighted by Crippen LogP contribution is 2.34. The first-order valence-corrected chi connectivity index (χ1v) is 8.52. The first-order chi connectivity index (χ1) is 12.6. The summed E-state index contributed by atoms with van der Waals surface area (Å²) in [5, 5.41) is 3.30. The largest absolute Gasteiger partial charge is 0.464 e. The Morgan fingerprint density at radius 1 is 0.923 bits per heavy atom. The Morgan fingerprint density at radius 2 is 1.65 bits per heavy atom. The maximum atomic E-state index is 13.3. The highest BCUT2D eigenvalue weighted by Gasteiger charge is 2.20. The molecule has 5 rings (SSSR count). The molecule has 0 aliphatic carbocycles. The minimum absolute atomic E-state index is 0.235. The standard InChI is InChI=1S/C20H17N3O3/c1-21(2)9-10-22-19(24)15-5-3-4-12-13-6-7-16-14(8-11-26-16)17(13)23(18(12)15)20(22)25/h3-8,11H,9-10H2,1-2H3. The number of nitrogens with zero attached hydrogens (tertiary/aromatic N) is 3. The lowest BCUT2D eigenvalue weighted by Gasteiger charge is -2.12. The highest BCUT2D eigenvalue weighted by molar-refractivity contribution is 6.19. The van der Waals surface area contributed by atoms with Crippen molar-refractivity contribution in [2.45, 2.75) is 6.54 Å². The van der Waals surface area contributed by atoms with Gasteiger partial charge >= 0.3 is 5.69 Å². The molecule has 0 aliphatic heterocycles. The van der Waals surface area contributed by atoms with Gasteiger partial charge in [0.2, 0.25) is 0 Å². The van der Waals surface area contributed by atoms with E-state index >= 15 is 0 Å². The van der Waals surface area contributed by atoms with Gasteiger partial charge in [0.1, 0.15) is 5.58 Å². The van der Waals surface area contributed by atoms with E-state index in [-0.39, 0.29) is 11.2 Å². The maximum absolute atomic E-state index is 13.3. The molecule has 0 bridgehead atoms. The summed E-state index contributed by atoms with van der Waals surface area (Å²) in [6.45, 7) is 0.963. The number of furan rings is 1. The fourth-order valence-electron chi connectivity index (χ4n) is 3.81. The van der Waals surface area contributed by atoms with Gasteiger partial charge in [0, 0.05) is 29.2 Å². The summed E-state index contributed by atoms with van der Waals surface area (Å²) in [7, 11) is 3.84. The van der Waals surface area contributed by atoms with Crippen molar-refractivity contribution in [2.75, 3.05) is 20.6 Å². The summed E-state index contributed by atoms with van der Waals surface area (Å²) < 4.78 is 8.53. The van der Waals surface area contributed by atoms with E-state index in [9.17, 15) is 9.59 Å². The van der Waals surface area contributed by atoms with Crippen molar-refractivity contribution >= 4 is 38.2 Å². The Labute approximate surface area is 147 Å². The summed E-state index contributed by atoms with van der Waals surface area (Å²) in [6.07, 6.45) is 1.62. The molecule has 0 aliphatic rings. The number of hydrogen-bond acceptors (Lipinski definition) is 4. The normalized spacial score (nSPS) is 12.4. The van der Waals surface area contributed by atoms with E-state index in [1.807, 2.05) is 49.3 Å². The quantitative estimate of drug-likeness (QED) is 0.503. The lowest BCUT2D eigenvalue weighted by Crippen LogP contribution is -2.39. The van der Waals surface area contributed by atoms with Crippen LogP contribution in [0.25, 0.3) is 38.2 Å². The Hall–Kier alpha value is -3.12. The lowest BCUT2D eigenvalue weighted by atomic mass is 10.1. The first kappa shape index (κ1) is 15.2. The van der Waals surface area contributed by atoms with Crippen LogP contribution in [0, 0.1) is 0 Å². The van der Waals surface area contributed by atoms with E-state index in [2.05, 4.69) is 0 Å². The summed E-state index contributed by atoms with van der Waals surface area (Å²) in [6, 6.07) is 11.4. The van der Waals surface area contributed by atoms with Gasteiger partial charge in [-0.2, -0.15) is 0 Å². The van der Waals surface area contributed by atoms with E-state index < -0.39 is 0 Å². The van der Waals surface area contributed by atoms with Crippen LogP contribution in [0.1, 0.15) is 0 Å². The van der Waals surface area contributed by atoms with Crippen molar-refractivity contribution in [3.63, 3.8) is 0 Å². The van der Waals surface area contributed by atoms with Crippen LogP contribution in [0.2, 0.25) is 0 Å². The zero-order chi connectivity index (χ0) is 18.0. The molecular formula is C20H17N3O3. The second kappa shape index (κ2) is 5.19. The van der Waals surface area contributed by atoms with Crippen LogP contribution in [0.3, 0.4) is 0 Å². The summed E-state index contributed by atoms with van der Waals surface area (Å²) >= 11 is 0. The van der Waals surface area contributed by atoms with E-state index in [0.29, 0.717) is 24.0 Å². The second-order valence-electron chi connectivity index (χ2n) is 6.87. The molecule has 3 heterocycles. The zero-order valence-electron chi connectivity index (χ0n) is 14.5. The van der Waals surface area contributed by atoms with E-state index in [1.165, 1.54) is 4.57 Å². The number of likely N-dealkylation sites (N-methyl/N-ethyl adjacent to an activating group) is 1. The topological polar surface area (TPSA) is 59.9 Å². The number of para-hydroxylation sites is 1. The van der Waals surface area contributed by atoms with Crippen molar-refractivity contribution in [1.82, 2.24) is 13.9 Å². The summed E-state index contributed by atoms with van der Waals surface area (Å²) in [5.74, 6) is 0. The van der Waals surface area contributed by atoms with Gasteiger partial charge < -0.3 is 9.32 Å². The second-order valence-corrected chi connectivity index (χ2v) is 6.87. The van der Waals surface area contributed by atoms with Crippen molar-refractivity contribution in [3.05, 3.63) is 63.5 Å². The van der Waals surface area contributed by atoms with Gasteiger partial charge in [-0.15, -0.1) is 0 Å². The number of rotatable bonds is 3. The van der Waals surface area contributed by atoms with Crippen LogP contribution < -0.4 is 11.2 Å². The SMILES string of the molecule is CN(C)CCn1c(=O)c2cccc3c4ccc5occc5c4n(c1=O)c23. The van der Waals surface area contributed by atoms with Gasteiger partial charge in [-0.25, -0.2) is 4.79 Å². The van der Waals surface area contributed by atoms with Crippen molar-refractivity contribution in [3.8, 4) is 0 Å². The number of benzene rings is 2. The lowest BCUT2D eigenvalue weighted by molar-refractivity contribution is 0.376. The molecule has 0 atom stereocenters. The molecule has 2 aromatic carbocycles. The smallest absolute Gasteiger partial charge is 0.336 e. The van der Waals surface area contributed by atoms with E-state index in [1.54, 1.807) is 16.7 Å². The molecule has 0 radical (unpaired) electrons. The predicted octanol–water partition coefficient (Wildman–Crippen LogP) is 2.51. The summed E-state index contributed by atoms with van der Waals surface area (Å²) in [5.41, 5.74) is 1.67. The van der Waals surface area contributed by atoms with Gasteiger partial charge in [0.25, 0.3) is 5.56 Å². The Morgan fingerprint density at radius 3 is 2.46 bits per heavy atom.